The predicted octanol–water partition coefficient (Wildman–Crippen LogP) is 2.49. The van der Waals surface area contributed by atoms with E-state index in [1.165, 1.54) is 11.1 Å². The molecule has 2 aromatic rings. The van der Waals surface area contributed by atoms with Gasteiger partial charge in [0.25, 0.3) is 0 Å². The summed E-state index contributed by atoms with van der Waals surface area (Å²) in [5.41, 5.74) is 2.74. The van der Waals surface area contributed by atoms with Crippen LogP contribution in [0.3, 0.4) is 0 Å². The van der Waals surface area contributed by atoms with E-state index in [2.05, 4.69) is 39.3 Å². The Morgan fingerprint density at radius 2 is 2.08 bits per heavy atom. The summed E-state index contributed by atoms with van der Waals surface area (Å²) >= 11 is 0. The summed E-state index contributed by atoms with van der Waals surface area (Å²) in [4.78, 5) is 21.7. The van der Waals surface area contributed by atoms with E-state index in [1.54, 1.807) is 6.92 Å². The van der Waals surface area contributed by atoms with Gasteiger partial charge in [-0.15, -0.1) is 0 Å². The van der Waals surface area contributed by atoms with E-state index in [1.807, 2.05) is 11.8 Å². The van der Waals surface area contributed by atoms with Gasteiger partial charge in [0.05, 0.1) is 12.1 Å². The average Bonchev–Trinajstić information content (AvgIpc) is 3.28. The fraction of sp³-hybridized carbons (Fsp3) is 0.526. The predicted molar refractivity (Wildman–Crippen MR) is 92.7 cm³/mol. The Balaban J connectivity index is 1.48. The van der Waals surface area contributed by atoms with E-state index in [-0.39, 0.29) is 18.0 Å². The third-order valence-electron chi connectivity index (χ3n) is 5.44. The molecule has 132 valence electrons. The number of hydrogen-bond donors (Lipinski definition) is 0. The quantitative estimate of drug-likeness (QED) is 0.859. The van der Waals surface area contributed by atoms with Gasteiger partial charge in [-0.1, -0.05) is 29.4 Å². The molecular weight excluding hydrogens is 316 g/mol. The van der Waals surface area contributed by atoms with Gasteiger partial charge in [0.2, 0.25) is 11.8 Å². The smallest absolute Gasteiger partial charge is 0.240 e. The first-order valence-electron chi connectivity index (χ1n) is 9.05. The average molecular weight is 340 g/mol. The Morgan fingerprint density at radius 3 is 2.84 bits per heavy atom. The van der Waals surface area contributed by atoms with Crippen LogP contribution in [0.2, 0.25) is 0 Å². The van der Waals surface area contributed by atoms with Crippen LogP contribution in [0.5, 0.6) is 0 Å². The van der Waals surface area contributed by atoms with Gasteiger partial charge in [0, 0.05) is 26.6 Å². The fourth-order valence-corrected chi connectivity index (χ4v) is 3.99. The zero-order valence-electron chi connectivity index (χ0n) is 14.8. The SMILES string of the molecule is Cc1nc([C@@H]2CCCN2C(=O)[C@@H](C)N2CCc3ccccc3C2)no1. The molecule has 3 heterocycles. The highest BCUT2D eigenvalue weighted by molar-refractivity contribution is 5.82. The molecule has 4 rings (SSSR count). The Labute approximate surface area is 147 Å². The Hall–Kier alpha value is -2.21. The van der Waals surface area contributed by atoms with E-state index in [0.717, 1.165) is 38.9 Å². The summed E-state index contributed by atoms with van der Waals surface area (Å²) in [6.45, 7) is 6.33. The lowest BCUT2D eigenvalue weighted by Gasteiger charge is -2.35. The first-order chi connectivity index (χ1) is 12.1. The zero-order chi connectivity index (χ0) is 17.4. The summed E-state index contributed by atoms with van der Waals surface area (Å²) in [7, 11) is 0. The third-order valence-corrected chi connectivity index (χ3v) is 5.44. The second-order valence-electron chi connectivity index (χ2n) is 7.03. The number of hydrogen-bond acceptors (Lipinski definition) is 5. The lowest BCUT2D eigenvalue weighted by molar-refractivity contribution is -0.138. The third kappa shape index (κ3) is 3.06. The zero-order valence-corrected chi connectivity index (χ0v) is 14.8. The van der Waals surface area contributed by atoms with Crippen molar-refractivity contribution < 1.29 is 9.32 Å². The number of amides is 1. The lowest BCUT2D eigenvalue weighted by atomic mass is 9.98. The van der Waals surface area contributed by atoms with Gasteiger partial charge in [-0.3, -0.25) is 9.69 Å². The Kier molecular flexibility index (Phi) is 4.29. The Bertz CT molecular complexity index is 772. The summed E-state index contributed by atoms with van der Waals surface area (Å²) in [5, 5.41) is 4.04. The second-order valence-corrected chi connectivity index (χ2v) is 7.03. The van der Waals surface area contributed by atoms with Crippen molar-refractivity contribution in [2.45, 2.75) is 51.7 Å². The molecule has 1 fully saturated rings. The van der Waals surface area contributed by atoms with Gasteiger partial charge in [0.1, 0.15) is 0 Å². The molecule has 0 N–H and O–H groups in total. The number of carbonyl (C=O) groups is 1. The first kappa shape index (κ1) is 16.3. The van der Waals surface area contributed by atoms with Gasteiger partial charge in [-0.2, -0.15) is 4.98 Å². The molecule has 0 bridgehead atoms. The van der Waals surface area contributed by atoms with Crippen LogP contribution >= 0.6 is 0 Å². The van der Waals surface area contributed by atoms with Crippen LogP contribution in [0.4, 0.5) is 0 Å². The van der Waals surface area contributed by atoms with Crippen LogP contribution in [0.25, 0.3) is 0 Å². The molecule has 25 heavy (non-hydrogen) atoms. The van der Waals surface area contributed by atoms with Gasteiger partial charge in [-0.05, 0) is 37.3 Å². The summed E-state index contributed by atoms with van der Waals surface area (Å²) in [6, 6.07) is 8.33. The van der Waals surface area contributed by atoms with Crippen molar-refractivity contribution in [3.63, 3.8) is 0 Å². The van der Waals surface area contributed by atoms with Crippen LogP contribution in [-0.4, -0.2) is 45.0 Å². The molecule has 2 atom stereocenters. The molecule has 0 radical (unpaired) electrons. The van der Waals surface area contributed by atoms with E-state index < -0.39 is 0 Å². The summed E-state index contributed by atoms with van der Waals surface area (Å²) in [6.07, 6.45) is 2.89. The topological polar surface area (TPSA) is 62.5 Å². The monoisotopic (exact) mass is 340 g/mol. The van der Waals surface area contributed by atoms with Crippen molar-refractivity contribution in [1.82, 2.24) is 19.9 Å². The van der Waals surface area contributed by atoms with Gasteiger partial charge in [0.15, 0.2) is 5.82 Å². The number of aryl methyl sites for hydroxylation is 1. The van der Waals surface area contributed by atoms with Gasteiger partial charge < -0.3 is 9.42 Å². The molecule has 2 aliphatic rings. The van der Waals surface area contributed by atoms with Crippen molar-refractivity contribution in [3.05, 3.63) is 47.1 Å². The van der Waals surface area contributed by atoms with E-state index in [4.69, 9.17) is 4.52 Å². The maximum Gasteiger partial charge on any atom is 0.240 e. The largest absolute Gasteiger partial charge is 0.340 e. The molecule has 1 amide bonds. The van der Waals surface area contributed by atoms with Crippen molar-refractivity contribution in [3.8, 4) is 0 Å². The summed E-state index contributed by atoms with van der Waals surface area (Å²) in [5.74, 6) is 1.36. The highest BCUT2D eigenvalue weighted by Crippen LogP contribution is 2.31. The van der Waals surface area contributed by atoms with Crippen LogP contribution in [0, 0.1) is 6.92 Å². The van der Waals surface area contributed by atoms with Crippen LogP contribution < -0.4 is 0 Å². The molecule has 0 aliphatic carbocycles. The Morgan fingerprint density at radius 1 is 1.28 bits per heavy atom. The molecule has 6 nitrogen and oxygen atoms in total. The molecule has 1 saturated heterocycles. The molecule has 1 aromatic heterocycles. The molecular formula is C19H24N4O2. The number of likely N-dealkylation sites (tertiary alicyclic amines) is 1. The van der Waals surface area contributed by atoms with Gasteiger partial charge >= 0.3 is 0 Å². The minimum absolute atomic E-state index is 0.0514. The molecule has 0 unspecified atom stereocenters. The van der Waals surface area contributed by atoms with Crippen molar-refractivity contribution in [1.29, 1.82) is 0 Å². The normalized spacial score (nSPS) is 22.0. The van der Waals surface area contributed by atoms with E-state index in [9.17, 15) is 4.79 Å². The maximum atomic E-state index is 13.1. The maximum absolute atomic E-state index is 13.1. The minimum atomic E-state index is -0.137. The molecule has 1 aromatic carbocycles. The van der Waals surface area contributed by atoms with Gasteiger partial charge in [-0.25, -0.2) is 0 Å². The molecule has 6 heteroatoms. The second kappa shape index (κ2) is 6.59. The van der Waals surface area contributed by atoms with Crippen molar-refractivity contribution in [2.75, 3.05) is 13.1 Å². The van der Waals surface area contributed by atoms with Crippen LogP contribution in [0.15, 0.2) is 28.8 Å². The number of benzene rings is 1. The van der Waals surface area contributed by atoms with Crippen LogP contribution in [-0.2, 0) is 17.8 Å². The van der Waals surface area contributed by atoms with Crippen LogP contribution in [0.1, 0.15) is 48.6 Å². The number of rotatable bonds is 3. The number of carbonyl (C=O) groups excluding carboxylic acids is 1. The number of fused-ring (bicyclic) bond motifs is 1. The highest BCUT2D eigenvalue weighted by Gasteiger charge is 2.37. The number of aromatic nitrogens is 2. The first-order valence-corrected chi connectivity index (χ1v) is 9.05. The lowest BCUT2D eigenvalue weighted by Crippen LogP contribution is -2.48. The van der Waals surface area contributed by atoms with E-state index in [0.29, 0.717) is 11.7 Å². The fourth-order valence-electron chi connectivity index (χ4n) is 3.99. The van der Waals surface area contributed by atoms with E-state index >= 15 is 0 Å². The summed E-state index contributed by atoms with van der Waals surface area (Å²) < 4.78 is 5.11. The number of nitrogens with zero attached hydrogens (tertiary/aromatic N) is 4. The molecule has 0 spiro atoms. The standard InChI is InChI=1S/C19H24N4O2/c1-13(22-11-9-15-6-3-4-7-16(15)12-22)19(24)23-10-5-8-17(23)18-20-14(2)25-21-18/h3-4,6-7,13,17H,5,8-12H2,1-2H3/t13-,17+/m1/s1. The van der Waals surface area contributed by atoms with Crippen molar-refractivity contribution >= 4 is 5.91 Å². The minimum Gasteiger partial charge on any atom is -0.340 e. The molecule has 2 aliphatic heterocycles. The highest BCUT2D eigenvalue weighted by atomic mass is 16.5. The molecule has 0 saturated carbocycles. The van der Waals surface area contributed by atoms with Crippen molar-refractivity contribution in [2.24, 2.45) is 0 Å².